The van der Waals surface area contributed by atoms with Crippen LogP contribution in [0.15, 0.2) is 77.8 Å². The second kappa shape index (κ2) is 20.1. The Hall–Kier alpha value is -6.23. The molecule has 1 heterocycles. The number of amides is 4. The number of aromatic nitrogens is 1. The van der Waals surface area contributed by atoms with Gasteiger partial charge in [0.15, 0.2) is 21.7 Å². The number of hydrogen-bond donors (Lipinski definition) is 3. The van der Waals surface area contributed by atoms with Crippen molar-refractivity contribution in [1.82, 2.24) is 9.88 Å². The third kappa shape index (κ3) is 14.1. The van der Waals surface area contributed by atoms with Gasteiger partial charge in [-0.3, -0.25) is 4.79 Å². The Morgan fingerprint density at radius 3 is 1.86 bits per heavy atom. The van der Waals surface area contributed by atoms with Gasteiger partial charge < -0.3 is 34.9 Å². The van der Waals surface area contributed by atoms with Crippen molar-refractivity contribution in [2.45, 2.75) is 135 Å². The number of carbonyl (C=O) groups is 5. The van der Waals surface area contributed by atoms with Crippen molar-refractivity contribution in [3.63, 3.8) is 0 Å². The van der Waals surface area contributed by atoms with E-state index in [-0.39, 0.29) is 29.6 Å². The van der Waals surface area contributed by atoms with Gasteiger partial charge in [0, 0.05) is 36.4 Å². The van der Waals surface area contributed by atoms with Crippen molar-refractivity contribution in [1.29, 1.82) is 0 Å². The van der Waals surface area contributed by atoms with E-state index in [1.807, 2.05) is 0 Å². The number of carboxylic acids is 1. The van der Waals surface area contributed by atoms with E-state index < -0.39 is 62.2 Å². The van der Waals surface area contributed by atoms with Crippen LogP contribution in [0.3, 0.4) is 0 Å². The number of carbonyl (C=O) groups excluding carboxylic acids is 4. The lowest BCUT2D eigenvalue weighted by molar-refractivity contribution is -0.138. The fourth-order valence-electron chi connectivity index (χ4n) is 6.27. The third-order valence-electron chi connectivity index (χ3n) is 9.23. The number of aliphatic carboxylic acids is 1. The average Bonchev–Trinajstić information content (AvgIpc) is 3.15. The highest BCUT2D eigenvalue weighted by Gasteiger charge is 2.35. The predicted molar refractivity (Wildman–Crippen MR) is 245 cm³/mol. The minimum absolute atomic E-state index is 0.0157. The summed E-state index contributed by atoms with van der Waals surface area (Å²) in [6.45, 7) is 18.3. The van der Waals surface area contributed by atoms with Crippen molar-refractivity contribution in [3.05, 3.63) is 89.6 Å². The molecule has 0 aliphatic heterocycles. The zero-order valence-electron chi connectivity index (χ0n) is 38.7. The number of nitrogens with zero attached hydrogens (tertiary/aromatic N) is 3. The molecule has 4 rings (SSSR count). The molecule has 4 aromatic rings. The van der Waals surface area contributed by atoms with E-state index in [1.54, 1.807) is 131 Å². The number of aryl methyl sites for hydroxylation is 1. The lowest BCUT2D eigenvalue weighted by Gasteiger charge is -2.28. The molecule has 4 amide bonds. The molecule has 0 spiro atoms. The SMILES string of the molecule is CC(C)S(=O)(=O)c1ccc(NC(=O)CCCc2ccc(C(Nc3ccc4c(N(C(=O)OC(C)(C)C)C(=O)OC(C)(C)C)nccc4c3)C(=O)O)cc2)cc1CN(C)C(=O)OC(C)(C)C. The molecule has 0 fully saturated rings. The van der Waals surface area contributed by atoms with Crippen LogP contribution < -0.4 is 15.5 Å². The Morgan fingerprint density at radius 2 is 1.31 bits per heavy atom. The molecule has 0 aliphatic carbocycles. The maximum absolute atomic E-state index is 13.3. The normalized spacial score (nSPS) is 12.6. The second-order valence-corrected chi connectivity index (χ2v) is 21.2. The number of pyridine rings is 1. The molecule has 1 unspecified atom stereocenters. The van der Waals surface area contributed by atoms with Gasteiger partial charge in [0.05, 0.1) is 16.7 Å². The van der Waals surface area contributed by atoms with Gasteiger partial charge >= 0.3 is 24.2 Å². The van der Waals surface area contributed by atoms with E-state index >= 15 is 0 Å². The van der Waals surface area contributed by atoms with E-state index in [4.69, 9.17) is 14.2 Å². The zero-order chi connectivity index (χ0) is 47.9. The summed E-state index contributed by atoms with van der Waals surface area (Å²) in [7, 11) is -2.21. The minimum Gasteiger partial charge on any atom is -0.479 e. The molecule has 3 aromatic carbocycles. The van der Waals surface area contributed by atoms with Gasteiger partial charge in [0.1, 0.15) is 16.8 Å². The van der Waals surface area contributed by atoms with Crippen molar-refractivity contribution < 1.29 is 51.7 Å². The van der Waals surface area contributed by atoms with Crippen LogP contribution in [0, 0.1) is 0 Å². The molecule has 3 N–H and O–H groups in total. The number of benzene rings is 3. The standard InChI is InChI=1S/C47H61N5O11S/c1-29(2)64(59,60)37-23-21-34(27-33(37)28-51(12)42(56)61-45(3,4)5)49-38(53)15-13-14-30-16-18-31(19-17-30)39(41(54)55)50-35-20-22-36-32(26-35)24-25-48-40(36)52(43(57)62-46(6,7)8)44(58)63-47(9,10)11/h16-27,29,39,50H,13-15,28H2,1-12H3,(H,49,53)(H,54,55). The minimum atomic E-state index is -3.72. The zero-order valence-corrected chi connectivity index (χ0v) is 39.5. The van der Waals surface area contributed by atoms with Gasteiger partial charge in [-0.25, -0.2) is 32.6 Å². The van der Waals surface area contributed by atoms with Crippen molar-refractivity contribution in [2.75, 3.05) is 22.6 Å². The first-order valence-corrected chi connectivity index (χ1v) is 22.4. The molecule has 0 saturated carbocycles. The molecular formula is C47H61N5O11S. The number of carboxylic acid groups (broad SMARTS) is 1. The molecule has 0 aliphatic rings. The van der Waals surface area contributed by atoms with Gasteiger partial charge in [-0.05, 0) is 154 Å². The highest BCUT2D eigenvalue weighted by atomic mass is 32.2. The summed E-state index contributed by atoms with van der Waals surface area (Å²) in [4.78, 5) is 71.3. The number of fused-ring (bicyclic) bond motifs is 1. The highest BCUT2D eigenvalue weighted by molar-refractivity contribution is 7.92. The van der Waals surface area contributed by atoms with Crippen molar-refractivity contribution >= 4 is 68.0 Å². The Morgan fingerprint density at radius 1 is 0.750 bits per heavy atom. The summed E-state index contributed by atoms with van der Waals surface area (Å²) in [5, 5.41) is 16.4. The number of nitrogens with one attached hydrogen (secondary N) is 2. The molecule has 0 saturated heterocycles. The Bertz CT molecular complexity index is 2440. The molecule has 64 heavy (non-hydrogen) atoms. The lowest BCUT2D eigenvalue weighted by Crippen LogP contribution is -2.44. The summed E-state index contributed by atoms with van der Waals surface area (Å²) in [6.07, 6.45) is -0.0135. The molecular weight excluding hydrogens is 843 g/mol. The van der Waals surface area contributed by atoms with E-state index in [0.29, 0.717) is 46.1 Å². The number of anilines is 3. The third-order valence-corrected chi connectivity index (χ3v) is 11.5. The van der Waals surface area contributed by atoms with E-state index in [1.165, 1.54) is 30.3 Å². The van der Waals surface area contributed by atoms with Gasteiger partial charge in [0.2, 0.25) is 5.91 Å². The number of imide groups is 1. The first kappa shape index (κ1) is 50.4. The quantitative estimate of drug-likeness (QED) is 0.101. The Balaban J connectivity index is 1.44. The first-order chi connectivity index (χ1) is 29.5. The smallest absolute Gasteiger partial charge is 0.425 e. The molecule has 1 atom stereocenters. The molecule has 1 aromatic heterocycles. The van der Waals surface area contributed by atoms with Gasteiger partial charge in [0.25, 0.3) is 0 Å². The molecule has 16 nitrogen and oxygen atoms in total. The fourth-order valence-corrected chi connectivity index (χ4v) is 7.53. The molecule has 0 bridgehead atoms. The van der Waals surface area contributed by atoms with Crippen LogP contribution in [0.2, 0.25) is 0 Å². The van der Waals surface area contributed by atoms with Gasteiger partial charge in [-0.15, -0.1) is 0 Å². The average molecular weight is 904 g/mol. The summed E-state index contributed by atoms with van der Waals surface area (Å²) < 4.78 is 42.9. The Kier molecular flexibility index (Phi) is 15.8. The molecule has 17 heteroatoms. The van der Waals surface area contributed by atoms with Crippen LogP contribution >= 0.6 is 0 Å². The highest BCUT2D eigenvalue weighted by Crippen LogP contribution is 2.32. The maximum atomic E-state index is 13.3. The predicted octanol–water partition coefficient (Wildman–Crippen LogP) is 9.66. The van der Waals surface area contributed by atoms with Gasteiger partial charge in [-0.1, -0.05) is 24.3 Å². The Labute approximate surface area is 375 Å². The lowest BCUT2D eigenvalue weighted by atomic mass is 10.0. The maximum Gasteiger partial charge on any atom is 0.425 e. The van der Waals surface area contributed by atoms with Crippen LogP contribution in [0.25, 0.3) is 10.8 Å². The van der Waals surface area contributed by atoms with Crippen LogP contribution in [-0.2, 0) is 46.6 Å². The molecule has 346 valence electrons. The fraction of sp³-hybridized carbons (Fsp3) is 0.447. The topological polar surface area (TPSA) is 211 Å². The first-order valence-electron chi connectivity index (χ1n) is 20.9. The van der Waals surface area contributed by atoms with E-state index in [0.717, 1.165) is 10.5 Å². The van der Waals surface area contributed by atoms with Crippen LogP contribution in [0.5, 0.6) is 0 Å². The number of sulfone groups is 1. The van der Waals surface area contributed by atoms with Crippen LogP contribution in [0.4, 0.5) is 31.6 Å². The van der Waals surface area contributed by atoms with Crippen LogP contribution in [-0.4, -0.2) is 82.7 Å². The van der Waals surface area contributed by atoms with E-state index in [9.17, 15) is 37.5 Å². The second-order valence-electron chi connectivity index (χ2n) is 18.7. The van der Waals surface area contributed by atoms with Crippen molar-refractivity contribution in [2.24, 2.45) is 0 Å². The number of rotatable bonds is 14. The summed E-state index contributed by atoms with van der Waals surface area (Å²) in [5.41, 5.74) is -0.0733. The van der Waals surface area contributed by atoms with Crippen LogP contribution in [0.1, 0.15) is 112 Å². The summed E-state index contributed by atoms with van der Waals surface area (Å²) in [6, 6.07) is 17.0. The number of ether oxygens (including phenoxy) is 3. The van der Waals surface area contributed by atoms with E-state index in [2.05, 4.69) is 15.6 Å². The largest absolute Gasteiger partial charge is 0.479 e. The number of hydrogen-bond acceptors (Lipinski definition) is 12. The van der Waals surface area contributed by atoms with Crippen molar-refractivity contribution in [3.8, 4) is 0 Å². The monoisotopic (exact) mass is 903 g/mol. The summed E-state index contributed by atoms with van der Waals surface area (Å²) >= 11 is 0. The summed E-state index contributed by atoms with van der Waals surface area (Å²) in [5.74, 6) is -1.44. The molecule has 0 radical (unpaired) electrons. The van der Waals surface area contributed by atoms with Gasteiger partial charge in [-0.2, -0.15) is 4.90 Å².